The number of carbonyl (C=O) groups is 1. The molecule has 4 nitrogen and oxygen atoms in total. The third-order valence-corrected chi connectivity index (χ3v) is 2.23. The first-order valence-corrected chi connectivity index (χ1v) is 4.67. The molecule has 0 fully saturated rings. The normalized spacial score (nSPS) is 21.9. The van der Waals surface area contributed by atoms with Gasteiger partial charge in [-0.3, -0.25) is 14.7 Å². The Hall–Kier alpha value is -2.33. The van der Waals surface area contributed by atoms with Crippen LogP contribution in [0.25, 0.3) is 0 Å². The first-order valence-electron chi connectivity index (χ1n) is 4.67. The molecule has 0 aliphatic carbocycles. The summed E-state index contributed by atoms with van der Waals surface area (Å²) < 4.78 is 0. The topological polar surface area (TPSA) is 56.5 Å². The number of aliphatic imine (C=N–C) groups is 1. The number of hydrogen-bond acceptors (Lipinski definition) is 3. The van der Waals surface area contributed by atoms with E-state index in [1.165, 1.54) is 11.2 Å². The highest BCUT2D eigenvalue weighted by molar-refractivity contribution is 6.03. The molecule has 0 saturated heterocycles. The van der Waals surface area contributed by atoms with Crippen LogP contribution in [-0.4, -0.2) is 29.2 Å². The third kappa shape index (κ3) is 2.18. The molecule has 1 rings (SSSR count). The van der Waals surface area contributed by atoms with Crippen molar-refractivity contribution in [2.24, 2.45) is 4.99 Å². The van der Waals surface area contributed by atoms with Gasteiger partial charge in [0.1, 0.15) is 11.6 Å². The lowest BCUT2D eigenvalue weighted by atomic mass is 10.1. The van der Waals surface area contributed by atoms with Gasteiger partial charge in [0.05, 0.1) is 18.4 Å². The number of nitriles is 1. The molecule has 2 atom stereocenters. The molecule has 0 spiro atoms. The van der Waals surface area contributed by atoms with Gasteiger partial charge in [-0.25, -0.2) is 0 Å². The van der Waals surface area contributed by atoms with Gasteiger partial charge < -0.3 is 0 Å². The zero-order valence-corrected chi connectivity index (χ0v) is 8.97. The van der Waals surface area contributed by atoms with Crippen LogP contribution < -0.4 is 0 Å². The molecule has 4 heteroatoms. The van der Waals surface area contributed by atoms with Crippen molar-refractivity contribution in [3.8, 4) is 6.07 Å². The van der Waals surface area contributed by atoms with E-state index in [2.05, 4.69) is 29.6 Å². The Balaban J connectivity index is 2.97. The van der Waals surface area contributed by atoms with Crippen LogP contribution in [0.4, 0.5) is 0 Å². The van der Waals surface area contributed by atoms with E-state index in [0.29, 0.717) is 0 Å². The summed E-state index contributed by atoms with van der Waals surface area (Å²) in [6, 6.07) is 1.39. The van der Waals surface area contributed by atoms with E-state index in [9.17, 15) is 4.79 Å². The van der Waals surface area contributed by atoms with Gasteiger partial charge in [-0.2, -0.15) is 5.26 Å². The molecule has 1 aliphatic heterocycles. The second-order valence-electron chi connectivity index (χ2n) is 3.29. The summed E-state index contributed by atoms with van der Waals surface area (Å²) in [5.74, 6) is -0.442. The molecule has 0 aromatic rings. The molecular formula is C12H11N3O. The zero-order chi connectivity index (χ0) is 12.1. The van der Waals surface area contributed by atoms with Gasteiger partial charge in [-0.15, -0.1) is 0 Å². The second-order valence-corrected chi connectivity index (χ2v) is 3.29. The van der Waals surface area contributed by atoms with E-state index < -0.39 is 5.91 Å². The maximum absolute atomic E-state index is 11.7. The van der Waals surface area contributed by atoms with Crippen LogP contribution in [0.5, 0.6) is 0 Å². The fourth-order valence-corrected chi connectivity index (χ4v) is 1.33. The fraction of sp³-hybridized carbons (Fsp3) is 0.250. The van der Waals surface area contributed by atoms with E-state index in [0.717, 1.165) is 0 Å². The lowest BCUT2D eigenvalue weighted by Gasteiger charge is -2.20. The molecule has 0 radical (unpaired) electrons. The minimum atomic E-state index is -0.442. The Bertz CT molecular complexity index is 471. The number of amides is 1. The van der Waals surface area contributed by atoms with Crippen LogP contribution in [0.2, 0.25) is 0 Å². The molecule has 2 unspecified atom stereocenters. The Morgan fingerprint density at radius 2 is 2.38 bits per heavy atom. The molecule has 0 aromatic heterocycles. The van der Waals surface area contributed by atoms with Crippen molar-refractivity contribution < 1.29 is 4.79 Å². The summed E-state index contributed by atoms with van der Waals surface area (Å²) >= 11 is 0. The van der Waals surface area contributed by atoms with Gasteiger partial charge in [-0.05, 0) is 19.6 Å². The summed E-state index contributed by atoms with van der Waals surface area (Å²) in [5.41, 5.74) is 5.06. The predicted octanol–water partition coefficient (Wildman–Crippen LogP) is 1.19. The summed E-state index contributed by atoms with van der Waals surface area (Å²) in [5, 5.41) is 8.60. The summed E-state index contributed by atoms with van der Waals surface area (Å²) in [4.78, 5) is 17.2. The van der Waals surface area contributed by atoms with E-state index in [1.807, 2.05) is 6.92 Å². The lowest BCUT2D eigenvalue weighted by molar-refractivity contribution is -0.123. The van der Waals surface area contributed by atoms with Crippen molar-refractivity contribution in [2.45, 2.75) is 19.0 Å². The Labute approximate surface area is 94.2 Å². The summed E-state index contributed by atoms with van der Waals surface area (Å²) in [6.07, 6.45) is 3.06. The van der Waals surface area contributed by atoms with Crippen molar-refractivity contribution in [1.29, 1.82) is 5.26 Å². The van der Waals surface area contributed by atoms with Gasteiger partial charge in [0.15, 0.2) is 0 Å². The molecule has 1 aliphatic rings. The van der Waals surface area contributed by atoms with Crippen LogP contribution in [0.3, 0.4) is 0 Å². The highest BCUT2D eigenvalue weighted by atomic mass is 16.2. The first kappa shape index (κ1) is 11.7. The molecule has 80 valence electrons. The molecule has 0 bridgehead atoms. The Morgan fingerprint density at radius 3 is 2.94 bits per heavy atom. The van der Waals surface area contributed by atoms with E-state index in [4.69, 9.17) is 5.26 Å². The highest BCUT2D eigenvalue weighted by Crippen LogP contribution is 2.16. The van der Waals surface area contributed by atoms with Gasteiger partial charge in [-0.1, -0.05) is 18.0 Å². The van der Waals surface area contributed by atoms with Crippen LogP contribution in [0.1, 0.15) is 6.92 Å². The highest BCUT2D eigenvalue weighted by Gasteiger charge is 2.30. The molecule has 0 aromatic carbocycles. The fourth-order valence-electron chi connectivity index (χ4n) is 1.33. The Kier molecular flexibility index (Phi) is 3.63. The maximum atomic E-state index is 11.7. The molecule has 1 amide bonds. The number of rotatable bonds is 2. The van der Waals surface area contributed by atoms with Crippen molar-refractivity contribution in [3.63, 3.8) is 0 Å². The quantitative estimate of drug-likeness (QED) is 0.393. The van der Waals surface area contributed by atoms with E-state index >= 15 is 0 Å². The van der Waals surface area contributed by atoms with Crippen LogP contribution in [-0.2, 0) is 4.79 Å². The average Bonchev–Trinajstić information content (AvgIpc) is 2.66. The van der Waals surface area contributed by atoms with Crippen molar-refractivity contribution in [3.05, 3.63) is 36.3 Å². The monoisotopic (exact) mass is 213 g/mol. The van der Waals surface area contributed by atoms with Gasteiger partial charge in [0.25, 0.3) is 5.91 Å². The van der Waals surface area contributed by atoms with Crippen LogP contribution in [0.15, 0.2) is 41.3 Å². The summed E-state index contributed by atoms with van der Waals surface area (Å²) in [7, 11) is 0. The van der Waals surface area contributed by atoms with Crippen LogP contribution >= 0.6 is 0 Å². The lowest BCUT2D eigenvalue weighted by Crippen LogP contribution is -2.38. The van der Waals surface area contributed by atoms with Gasteiger partial charge in [0.2, 0.25) is 0 Å². The van der Waals surface area contributed by atoms with Crippen molar-refractivity contribution >= 4 is 12.2 Å². The number of nitrogens with zero attached hydrogens (tertiary/aromatic N) is 3. The minimum Gasteiger partial charge on any atom is -0.289 e. The Morgan fingerprint density at radius 1 is 1.69 bits per heavy atom. The van der Waals surface area contributed by atoms with Crippen molar-refractivity contribution in [1.82, 2.24) is 4.90 Å². The molecule has 16 heavy (non-hydrogen) atoms. The minimum absolute atomic E-state index is 0.0729. The zero-order valence-electron chi connectivity index (χ0n) is 8.97. The molecule has 0 saturated carbocycles. The number of hydrogen-bond donors (Lipinski definition) is 0. The largest absolute Gasteiger partial charge is 0.289 e. The predicted molar refractivity (Wildman–Crippen MR) is 60.6 cm³/mol. The standard InChI is InChI=1S/C12H11N3O/c1-4-5-6-11-10(3)14-8-15(11)12(16)9(2)7-13/h6,8,10-11H,1-2H2,3H3. The molecule has 1 heterocycles. The maximum Gasteiger partial charge on any atom is 0.269 e. The van der Waals surface area contributed by atoms with Gasteiger partial charge >= 0.3 is 0 Å². The SMILES string of the molecule is C=C=C=CC1C(C)N=CN1C(=O)C(=C)C#N. The average molecular weight is 213 g/mol. The van der Waals surface area contributed by atoms with Crippen LogP contribution in [0, 0.1) is 11.3 Å². The summed E-state index contributed by atoms with van der Waals surface area (Å²) in [6.45, 7) is 8.63. The molecule has 0 N–H and O–H groups in total. The molecular weight excluding hydrogens is 202 g/mol. The van der Waals surface area contributed by atoms with E-state index in [1.54, 1.807) is 12.1 Å². The third-order valence-electron chi connectivity index (χ3n) is 2.23. The second kappa shape index (κ2) is 4.95. The smallest absolute Gasteiger partial charge is 0.269 e. The first-order chi connectivity index (χ1) is 7.61. The van der Waals surface area contributed by atoms with Crippen molar-refractivity contribution in [2.75, 3.05) is 0 Å². The van der Waals surface area contributed by atoms with Gasteiger partial charge in [0, 0.05) is 0 Å². The van der Waals surface area contributed by atoms with E-state index in [-0.39, 0.29) is 17.7 Å². The number of carbonyl (C=O) groups excluding carboxylic acids is 1.